The van der Waals surface area contributed by atoms with Crippen LogP contribution in [-0.4, -0.2) is 13.1 Å². The molecule has 8 heavy (non-hydrogen) atoms. The van der Waals surface area contributed by atoms with E-state index in [0.717, 1.165) is 0 Å². The number of esters is 1. The maximum atomic E-state index is 9.59. The van der Waals surface area contributed by atoms with Gasteiger partial charge in [0, 0.05) is 6.92 Å². The summed E-state index contributed by atoms with van der Waals surface area (Å²) in [7, 11) is 1.35. The van der Waals surface area contributed by atoms with Crippen molar-refractivity contribution in [3.05, 3.63) is 12.7 Å². The molecule has 48 valence electrons. The highest BCUT2D eigenvalue weighted by Gasteiger charge is 1.75. The molecular formula is C6H12O2. The Morgan fingerprint density at radius 2 is 1.88 bits per heavy atom. The van der Waals surface area contributed by atoms with Gasteiger partial charge in [-0.3, -0.25) is 4.79 Å². The minimum Gasteiger partial charge on any atom is -0.469 e. The van der Waals surface area contributed by atoms with Gasteiger partial charge in [-0.2, -0.15) is 0 Å². The fourth-order valence-corrected chi connectivity index (χ4v) is 0. The molecule has 0 atom stereocenters. The fraction of sp³-hybridized carbons (Fsp3) is 0.500. The summed E-state index contributed by atoms with van der Waals surface area (Å²) >= 11 is 0. The lowest BCUT2D eigenvalue weighted by Crippen LogP contribution is -1.88. The van der Waals surface area contributed by atoms with E-state index in [9.17, 15) is 4.79 Å². The summed E-state index contributed by atoms with van der Waals surface area (Å²) < 4.78 is 4.11. The second kappa shape index (κ2) is 9.51. The lowest BCUT2D eigenvalue weighted by Gasteiger charge is -1.80. The van der Waals surface area contributed by atoms with Crippen molar-refractivity contribution >= 4 is 5.97 Å². The van der Waals surface area contributed by atoms with Gasteiger partial charge in [-0.25, -0.2) is 0 Å². The summed E-state index contributed by atoms with van der Waals surface area (Å²) in [5.74, 6) is -0.245. The van der Waals surface area contributed by atoms with Crippen LogP contribution in [0.4, 0.5) is 0 Å². The average Bonchev–Trinajstić information content (AvgIpc) is 1.69. The van der Waals surface area contributed by atoms with Gasteiger partial charge in [-0.15, -0.1) is 6.58 Å². The van der Waals surface area contributed by atoms with Crippen molar-refractivity contribution in [2.75, 3.05) is 7.11 Å². The van der Waals surface area contributed by atoms with Crippen LogP contribution in [0.1, 0.15) is 13.8 Å². The molecule has 0 saturated heterocycles. The number of methoxy groups -OCH3 is 1. The maximum absolute atomic E-state index is 9.59. The quantitative estimate of drug-likeness (QED) is 0.353. The van der Waals surface area contributed by atoms with Gasteiger partial charge in [-0.05, 0) is 6.92 Å². The average molecular weight is 116 g/mol. The molecule has 0 fully saturated rings. The van der Waals surface area contributed by atoms with Gasteiger partial charge in [0.25, 0.3) is 0 Å². The van der Waals surface area contributed by atoms with Crippen LogP contribution in [0.25, 0.3) is 0 Å². The molecule has 0 aliphatic rings. The normalized spacial score (nSPS) is 5.88. The Balaban J connectivity index is 0. The largest absolute Gasteiger partial charge is 0.469 e. The first-order valence-corrected chi connectivity index (χ1v) is 2.30. The van der Waals surface area contributed by atoms with Crippen LogP contribution in [0.15, 0.2) is 12.7 Å². The Hall–Kier alpha value is -0.790. The summed E-state index contributed by atoms with van der Waals surface area (Å²) in [6.45, 7) is 6.61. The molecule has 0 bridgehead atoms. The Labute approximate surface area is 50.2 Å². The number of rotatable bonds is 0. The Bertz CT molecular complexity index is 66.9. The van der Waals surface area contributed by atoms with Crippen LogP contribution >= 0.6 is 0 Å². The van der Waals surface area contributed by atoms with E-state index in [4.69, 9.17) is 0 Å². The van der Waals surface area contributed by atoms with Crippen LogP contribution in [0.2, 0.25) is 0 Å². The van der Waals surface area contributed by atoms with Crippen molar-refractivity contribution in [3.63, 3.8) is 0 Å². The van der Waals surface area contributed by atoms with Crippen LogP contribution in [0.3, 0.4) is 0 Å². The predicted molar refractivity (Wildman–Crippen MR) is 33.6 cm³/mol. The highest BCUT2D eigenvalue weighted by molar-refractivity contribution is 5.65. The molecule has 0 saturated carbocycles. The van der Waals surface area contributed by atoms with E-state index in [2.05, 4.69) is 11.3 Å². The van der Waals surface area contributed by atoms with E-state index in [-0.39, 0.29) is 5.97 Å². The summed E-state index contributed by atoms with van der Waals surface area (Å²) in [4.78, 5) is 9.59. The van der Waals surface area contributed by atoms with Crippen molar-refractivity contribution < 1.29 is 9.53 Å². The van der Waals surface area contributed by atoms with Gasteiger partial charge < -0.3 is 4.74 Å². The van der Waals surface area contributed by atoms with Crippen LogP contribution in [-0.2, 0) is 9.53 Å². The Morgan fingerprint density at radius 3 is 1.88 bits per heavy atom. The van der Waals surface area contributed by atoms with Gasteiger partial charge in [0.15, 0.2) is 0 Å². The Kier molecular flexibility index (Phi) is 12.2. The first-order valence-electron chi connectivity index (χ1n) is 2.30. The van der Waals surface area contributed by atoms with Crippen molar-refractivity contribution in [1.82, 2.24) is 0 Å². The van der Waals surface area contributed by atoms with Gasteiger partial charge in [0.05, 0.1) is 7.11 Å². The minimum absolute atomic E-state index is 0.245. The highest BCUT2D eigenvalue weighted by Crippen LogP contribution is 1.60. The number of carbonyl (C=O) groups excluding carboxylic acids is 1. The van der Waals surface area contributed by atoms with Crippen LogP contribution in [0.5, 0.6) is 0 Å². The topological polar surface area (TPSA) is 26.3 Å². The van der Waals surface area contributed by atoms with E-state index in [1.54, 1.807) is 6.08 Å². The highest BCUT2D eigenvalue weighted by atomic mass is 16.5. The second-order valence-corrected chi connectivity index (χ2v) is 1.10. The number of hydrogen-bond acceptors (Lipinski definition) is 2. The molecule has 0 aromatic rings. The van der Waals surface area contributed by atoms with Gasteiger partial charge in [-0.1, -0.05) is 6.08 Å². The first-order chi connectivity index (χ1) is 3.68. The lowest BCUT2D eigenvalue weighted by atomic mass is 10.8. The van der Waals surface area contributed by atoms with Crippen molar-refractivity contribution in [1.29, 1.82) is 0 Å². The van der Waals surface area contributed by atoms with E-state index in [1.807, 2.05) is 6.92 Å². The minimum atomic E-state index is -0.245. The summed E-state index contributed by atoms with van der Waals surface area (Å²) in [6, 6.07) is 0. The van der Waals surface area contributed by atoms with E-state index in [0.29, 0.717) is 0 Å². The van der Waals surface area contributed by atoms with Gasteiger partial charge in [0.2, 0.25) is 0 Å². The number of hydrogen-bond donors (Lipinski definition) is 0. The molecule has 0 aliphatic heterocycles. The molecule has 0 aromatic heterocycles. The third-order valence-corrected chi connectivity index (χ3v) is 0.287. The molecule has 0 amide bonds. The van der Waals surface area contributed by atoms with Gasteiger partial charge >= 0.3 is 5.97 Å². The maximum Gasteiger partial charge on any atom is 0.302 e. The predicted octanol–water partition coefficient (Wildman–Crippen LogP) is 1.37. The second-order valence-electron chi connectivity index (χ2n) is 1.10. The van der Waals surface area contributed by atoms with Crippen LogP contribution < -0.4 is 0 Å². The van der Waals surface area contributed by atoms with E-state index < -0.39 is 0 Å². The molecule has 0 spiro atoms. The molecule has 0 heterocycles. The van der Waals surface area contributed by atoms with Crippen molar-refractivity contribution in [3.8, 4) is 0 Å². The van der Waals surface area contributed by atoms with Crippen molar-refractivity contribution in [2.45, 2.75) is 13.8 Å². The molecule has 0 aliphatic carbocycles. The molecular weight excluding hydrogens is 104 g/mol. The third kappa shape index (κ3) is 63.1. The summed E-state index contributed by atoms with van der Waals surface area (Å²) in [5, 5.41) is 0. The lowest BCUT2D eigenvalue weighted by molar-refractivity contribution is -0.137. The first kappa shape index (κ1) is 10.2. The zero-order valence-electron chi connectivity index (χ0n) is 5.60. The smallest absolute Gasteiger partial charge is 0.302 e. The standard InChI is InChI=1S/C3H6O2.C3H6/c1-3(4)5-2;1-3-2/h1-2H3;3H,1H2,2H3. The van der Waals surface area contributed by atoms with Crippen LogP contribution in [0, 0.1) is 0 Å². The molecule has 0 radical (unpaired) electrons. The number of allylic oxidation sites excluding steroid dienone is 1. The van der Waals surface area contributed by atoms with Crippen molar-refractivity contribution in [2.24, 2.45) is 0 Å². The van der Waals surface area contributed by atoms with E-state index in [1.165, 1.54) is 14.0 Å². The fourth-order valence-electron chi connectivity index (χ4n) is 0. The summed E-state index contributed by atoms with van der Waals surface area (Å²) in [6.07, 6.45) is 1.75. The SMILES string of the molecule is C=CC.COC(C)=O. The molecule has 0 N–H and O–H groups in total. The molecule has 2 heteroatoms. The molecule has 0 rings (SSSR count). The third-order valence-electron chi connectivity index (χ3n) is 0.287. The number of carbonyl (C=O) groups is 1. The summed E-state index contributed by atoms with van der Waals surface area (Å²) in [5.41, 5.74) is 0. The zero-order chi connectivity index (χ0) is 6.99. The molecule has 0 aromatic carbocycles. The van der Waals surface area contributed by atoms with E-state index >= 15 is 0 Å². The monoisotopic (exact) mass is 116 g/mol. The zero-order valence-corrected chi connectivity index (χ0v) is 5.60. The van der Waals surface area contributed by atoms with Gasteiger partial charge in [0.1, 0.15) is 0 Å². The number of ether oxygens (including phenoxy) is 1. The molecule has 2 nitrogen and oxygen atoms in total. The Morgan fingerprint density at radius 1 is 1.75 bits per heavy atom. The molecule has 0 unspecified atom stereocenters.